The molecule has 3 aromatic rings. The summed E-state index contributed by atoms with van der Waals surface area (Å²) in [5.74, 6) is 1.25. The molecule has 0 radical (unpaired) electrons. The van der Waals surface area contributed by atoms with E-state index in [1.807, 2.05) is 72.4 Å². The number of amides is 1. The highest BCUT2D eigenvalue weighted by molar-refractivity contribution is 8.26. The molecule has 1 aliphatic rings. The minimum absolute atomic E-state index is 0.00943. The highest BCUT2D eigenvalue weighted by Gasteiger charge is 2.33. The first-order valence-corrected chi connectivity index (χ1v) is 13.7. The van der Waals surface area contributed by atoms with Crippen LogP contribution in [0.15, 0.2) is 59.6 Å². The smallest absolute Gasteiger partial charge is 0.266 e. The summed E-state index contributed by atoms with van der Waals surface area (Å²) in [7, 11) is 1.66. The predicted octanol–water partition coefficient (Wildman–Crippen LogP) is 7.27. The zero-order chi connectivity index (χ0) is 25.7. The van der Waals surface area contributed by atoms with E-state index >= 15 is 0 Å². The van der Waals surface area contributed by atoms with Crippen molar-refractivity contribution >= 4 is 40.3 Å². The number of benzene rings is 2. The zero-order valence-electron chi connectivity index (χ0n) is 21.4. The van der Waals surface area contributed by atoms with Crippen LogP contribution in [0, 0.1) is 12.8 Å². The van der Waals surface area contributed by atoms with Gasteiger partial charge in [0.25, 0.3) is 5.91 Å². The number of unbranched alkanes of at least 4 members (excludes halogenated alkanes) is 1. The van der Waals surface area contributed by atoms with Crippen molar-refractivity contribution in [1.29, 1.82) is 0 Å². The third-order valence-electron chi connectivity index (χ3n) is 6.60. The number of para-hydroxylation sites is 1. The molecule has 1 saturated heterocycles. The van der Waals surface area contributed by atoms with Crippen LogP contribution in [0.5, 0.6) is 5.75 Å². The molecule has 1 aromatic heterocycles. The summed E-state index contributed by atoms with van der Waals surface area (Å²) < 4.78 is 7.90. The Kier molecular flexibility index (Phi) is 8.64. The van der Waals surface area contributed by atoms with Crippen LogP contribution in [-0.4, -0.2) is 38.6 Å². The lowest BCUT2D eigenvalue weighted by molar-refractivity contribution is -0.122. The number of thioether (sulfide) groups is 1. The number of nitrogens with zero attached hydrogens (tertiary/aromatic N) is 3. The van der Waals surface area contributed by atoms with Gasteiger partial charge in [0, 0.05) is 23.9 Å². The van der Waals surface area contributed by atoms with Crippen LogP contribution in [0.4, 0.5) is 0 Å². The summed E-state index contributed by atoms with van der Waals surface area (Å²) >= 11 is 7.02. The number of ether oxygens (including phenoxy) is 1. The van der Waals surface area contributed by atoms with Crippen molar-refractivity contribution in [2.45, 2.75) is 46.5 Å². The van der Waals surface area contributed by atoms with Crippen LogP contribution < -0.4 is 4.74 Å². The molecule has 2 aromatic carbocycles. The molecular formula is C29H33N3O2S2. The molecule has 1 aliphatic heterocycles. The standard InChI is InChI=1S/C29H33N3O2S2/c1-5-7-11-21(6-2)18-31-28(33)26(36-29(31)35)17-22-19-32(23-12-9-8-10-13-23)30-27(22)25-15-14-24(34-4)16-20(25)3/h8-10,12-17,19,21H,5-7,11,18H2,1-4H3/b26-17+. The maximum Gasteiger partial charge on any atom is 0.266 e. The van der Waals surface area contributed by atoms with Gasteiger partial charge in [0.05, 0.1) is 17.7 Å². The van der Waals surface area contributed by atoms with Gasteiger partial charge in [-0.05, 0) is 61.2 Å². The van der Waals surface area contributed by atoms with Crippen molar-refractivity contribution in [3.8, 4) is 22.7 Å². The van der Waals surface area contributed by atoms with Gasteiger partial charge in [0.2, 0.25) is 0 Å². The van der Waals surface area contributed by atoms with E-state index in [1.54, 1.807) is 12.0 Å². The molecular weight excluding hydrogens is 486 g/mol. The van der Waals surface area contributed by atoms with Gasteiger partial charge in [-0.2, -0.15) is 5.10 Å². The Bertz CT molecular complexity index is 1270. The van der Waals surface area contributed by atoms with Crippen LogP contribution in [-0.2, 0) is 4.79 Å². The van der Waals surface area contributed by atoms with E-state index in [0.29, 0.717) is 21.7 Å². The van der Waals surface area contributed by atoms with E-state index < -0.39 is 0 Å². The largest absolute Gasteiger partial charge is 0.497 e. The molecule has 1 unspecified atom stereocenters. The summed E-state index contributed by atoms with van der Waals surface area (Å²) in [6.45, 7) is 7.12. The van der Waals surface area contributed by atoms with Crippen molar-refractivity contribution in [1.82, 2.24) is 14.7 Å². The molecule has 7 heteroatoms. The number of carbonyl (C=O) groups excluding carboxylic acids is 1. The minimum Gasteiger partial charge on any atom is -0.497 e. The normalized spacial score (nSPS) is 15.7. The number of aromatic nitrogens is 2. The molecule has 4 rings (SSSR count). The maximum atomic E-state index is 13.4. The molecule has 188 valence electrons. The van der Waals surface area contributed by atoms with Crippen LogP contribution in [0.25, 0.3) is 23.0 Å². The zero-order valence-corrected chi connectivity index (χ0v) is 23.0. The predicted molar refractivity (Wildman–Crippen MR) is 153 cm³/mol. The fourth-order valence-corrected chi connectivity index (χ4v) is 5.68. The van der Waals surface area contributed by atoms with Crippen molar-refractivity contribution in [3.63, 3.8) is 0 Å². The number of methoxy groups -OCH3 is 1. The fraction of sp³-hybridized carbons (Fsp3) is 0.345. The molecule has 1 amide bonds. The van der Waals surface area contributed by atoms with Gasteiger partial charge in [-0.3, -0.25) is 9.69 Å². The molecule has 1 fully saturated rings. The third kappa shape index (κ3) is 5.73. The van der Waals surface area contributed by atoms with Gasteiger partial charge in [-0.1, -0.05) is 75.3 Å². The van der Waals surface area contributed by atoms with Gasteiger partial charge < -0.3 is 4.74 Å². The van der Waals surface area contributed by atoms with E-state index in [4.69, 9.17) is 22.1 Å². The Morgan fingerprint density at radius 3 is 2.61 bits per heavy atom. The molecule has 0 N–H and O–H groups in total. The van der Waals surface area contributed by atoms with E-state index in [0.717, 1.165) is 53.1 Å². The molecule has 5 nitrogen and oxygen atoms in total. The second-order valence-electron chi connectivity index (χ2n) is 9.10. The maximum absolute atomic E-state index is 13.4. The second kappa shape index (κ2) is 11.9. The van der Waals surface area contributed by atoms with Gasteiger partial charge in [-0.25, -0.2) is 4.68 Å². The van der Waals surface area contributed by atoms with E-state index in [2.05, 4.69) is 13.8 Å². The van der Waals surface area contributed by atoms with E-state index in [9.17, 15) is 4.79 Å². The lowest BCUT2D eigenvalue weighted by Gasteiger charge is -2.21. The van der Waals surface area contributed by atoms with Crippen molar-refractivity contribution in [3.05, 3.63) is 70.8 Å². The molecule has 0 aliphatic carbocycles. The highest BCUT2D eigenvalue weighted by Crippen LogP contribution is 2.37. The van der Waals surface area contributed by atoms with Crippen molar-refractivity contribution in [2.24, 2.45) is 5.92 Å². The van der Waals surface area contributed by atoms with Gasteiger partial charge in [0.15, 0.2) is 0 Å². The lowest BCUT2D eigenvalue weighted by Crippen LogP contribution is -2.33. The first kappa shape index (κ1) is 26.2. The van der Waals surface area contributed by atoms with Crippen molar-refractivity contribution in [2.75, 3.05) is 13.7 Å². The van der Waals surface area contributed by atoms with Crippen LogP contribution in [0.1, 0.15) is 50.7 Å². The van der Waals surface area contributed by atoms with Gasteiger partial charge in [0.1, 0.15) is 15.8 Å². The number of aryl methyl sites for hydroxylation is 1. The molecule has 0 saturated carbocycles. The molecule has 1 atom stereocenters. The summed E-state index contributed by atoms with van der Waals surface area (Å²) in [5.41, 5.74) is 4.71. The number of hydrogen-bond acceptors (Lipinski definition) is 5. The first-order chi connectivity index (χ1) is 17.4. The first-order valence-electron chi connectivity index (χ1n) is 12.5. The topological polar surface area (TPSA) is 47.4 Å². The van der Waals surface area contributed by atoms with E-state index in [-0.39, 0.29) is 5.91 Å². The number of thiocarbonyl (C=S) groups is 1. The number of rotatable bonds is 10. The van der Waals surface area contributed by atoms with Crippen LogP contribution in [0.3, 0.4) is 0 Å². The SMILES string of the molecule is CCCCC(CC)CN1C(=O)/C(=C\c2cn(-c3ccccc3)nc2-c2ccc(OC)cc2C)SC1=S. The number of hydrogen-bond donors (Lipinski definition) is 0. The molecule has 0 bridgehead atoms. The lowest BCUT2D eigenvalue weighted by atomic mass is 9.99. The Morgan fingerprint density at radius 2 is 1.94 bits per heavy atom. The summed E-state index contributed by atoms with van der Waals surface area (Å²) in [4.78, 5) is 15.9. The summed E-state index contributed by atoms with van der Waals surface area (Å²) in [5, 5.41) is 4.93. The Hall–Kier alpha value is -2.90. The number of carbonyl (C=O) groups is 1. The summed E-state index contributed by atoms with van der Waals surface area (Å²) in [6.07, 6.45) is 8.42. The van der Waals surface area contributed by atoms with E-state index in [1.165, 1.54) is 18.2 Å². The Balaban J connectivity index is 1.71. The molecule has 0 spiro atoms. The quantitative estimate of drug-likeness (QED) is 0.208. The fourth-order valence-electron chi connectivity index (χ4n) is 4.42. The van der Waals surface area contributed by atoms with Crippen molar-refractivity contribution < 1.29 is 9.53 Å². The average molecular weight is 520 g/mol. The average Bonchev–Trinajstić information content (AvgIpc) is 3.42. The van der Waals surface area contributed by atoms with Crippen LogP contribution >= 0.6 is 24.0 Å². The van der Waals surface area contributed by atoms with Gasteiger partial charge >= 0.3 is 0 Å². The Morgan fingerprint density at radius 1 is 1.17 bits per heavy atom. The highest BCUT2D eigenvalue weighted by atomic mass is 32.2. The summed E-state index contributed by atoms with van der Waals surface area (Å²) in [6, 6.07) is 16.0. The van der Waals surface area contributed by atoms with Gasteiger partial charge in [-0.15, -0.1) is 0 Å². The second-order valence-corrected chi connectivity index (χ2v) is 10.8. The molecule has 36 heavy (non-hydrogen) atoms. The minimum atomic E-state index is -0.00943. The third-order valence-corrected chi connectivity index (χ3v) is 7.97. The monoisotopic (exact) mass is 519 g/mol. The van der Waals surface area contributed by atoms with Crippen LogP contribution in [0.2, 0.25) is 0 Å². The Labute approximate surface area is 223 Å². The molecule has 2 heterocycles.